The smallest absolute Gasteiger partial charge is 0.356 e. The molecule has 2 heterocycles. The fourth-order valence-corrected chi connectivity index (χ4v) is 1.57. The number of aromatic carboxylic acids is 1. The molecule has 17 heavy (non-hydrogen) atoms. The van der Waals surface area contributed by atoms with E-state index >= 15 is 0 Å². The van der Waals surface area contributed by atoms with E-state index in [1.165, 1.54) is 10.6 Å². The van der Waals surface area contributed by atoms with Gasteiger partial charge in [-0.05, 0) is 24.3 Å². The zero-order valence-corrected chi connectivity index (χ0v) is 9.22. The molecule has 0 amide bonds. The highest BCUT2D eigenvalue weighted by atomic mass is 35.5. The van der Waals surface area contributed by atoms with Gasteiger partial charge in [-0.25, -0.2) is 9.78 Å². The molecule has 0 atom stereocenters. The predicted molar refractivity (Wildman–Crippen MR) is 60.2 cm³/mol. The van der Waals surface area contributed by atoms with Crippen LogP contribution in [0.1, 0.15) is 16.2 Å². The minimum Gasteiger partial charge on any atom is -0.476 e. The maximum atomic E-state index is 10.9. The number of carboxylic acids is 1. The van der Waals surface area contributed by atoms with Gasteiger partial charge in [-0.1, -0.05) is 11.6 Å². The molecule has 0 aliphatic heterocycles. The largest absolute Gasteiger partial charge is 0.476 e. The van der Waals surface area contributed by atoms with Crippen molar-refractivity contribution in [2.45, 2.75) is 0 Å². The lowest BCUT2D eigenvalue weighted by Gasteiger charge is -2.05. The number of nitriles is 1. The van der Waals surface area contributed by atoms with Crippen LogP contribution in [-0.2, 0) is 0 Å². The van der Waals surface area contributed by atoms with Crippen LogP contribution in [0, 0.1) is 11.3 Å². The van der Waals surface area contributed by atoms with Crippen LogP contribution < -0.4 is 0 Å². The molecule has 5 nitrogen and oxygen atoms in total. The topological polar surface area (TPSA) is 78.9 Å². The zero-order chi connectivity index (χ0) is 12.4. The first-order valence-electron chi connectivity index (χ1n) is 4.61. The molecule has 0 fully saturated rings. The van der Waals surface area contributed by atoms with Crippen LogP contribution in [0.25, 0.3) is 5.82 Å². The van der Waals surface area contributed by atoms with Crippen LogP contribution in [0.5, 0.6) is 0 Å². The van der Waals surface area contributed by atoms with Gasteiger partial charge < -0.3 is 5.11 Å². The monoisotopic (exact) mass is 247 g/mol. The van der Waals surface area contributed by atoms with Crippen molar-refractivity contribution in [2.75, 3.05) is 0 Å². The first-order valence-corrected chi connectivity index (χ1v) is 4.99. The molecule has 0 unspecified atom stereocenters. The molecule has 0 bridgehead atoms. The predicted octanol–water partition coefficient (Wildman–Crippen LogP) is 2.10. The molecule has 0 saturated carbocycles. The van der Waals surface area contributed by atoms with Crippen molar-refractivity contribution in [1.29, 1.82) is 5.26 Å². The number of hydrogen-bond donors (Lipinski definition) is 1. The maximum absolute atomic E-state index is 10.9. The van der Waals surface area contributed by atoms with Gasteiger partial charge in [0.25, 0.3) is 0 Å². The van der Waals surface area contributed by atoms with E-state index in [0.717, 1.165) is 0 Å². The van der Waals surface area contributed by atoms with Crippen LogP contribution in [0.15, 0.2) is 30.5 Å². The normalized spacial score (nSPS) is 9.88. The van der Waals surface area contributed by atoms with Gasteiger partial charge in [-0.3, -0.25) is 4.57 Å². The molecule has 0 spiro atoms. The Labute approximate surface area is 102 Å². The molecule has 2 rings (SSSR count). The van der Waals surface area contributed by atoms with E-state index in [-0.39, 0.29) is 10.7 Å². The quantitative estimate of drug-likeness (QED) is 0.881. The molecule has 84 valence electrons. The fourth-order valence-electron chi connectivity index (χ4n) is 1.39. The van der Waals surface area contributed by atoms with E-state index in [9.17, 15) is 4.79 Å². The minimum atomic E-state index is -1.21. The Morgan fingerprint density at radius 1 is 1.47 bits per heavy atom. The molecule has 0 aliphatic carbocycles. The SMILES string of the molecule is N#Cc1cccn1-c1ccc(Cl)c(C(=O)O)n1. The standard InChI is InChI=1S/C11H6ClN3O2/c12-8-3-4-9(14-10(8)11(16)17)15-5-1-2-7(15)6-13/h1-5H,(H,16,17). The van der Waals surface area contributed by atoms with E-state index in [1.807, 2.05) is 6.07 Å². The van der Waals surface area contributed by atoms with Crippen molar-refractivity contribution in [1.82, 2.24) is 9.55 Å². The Hall–Kier alpha value is -2.32. The highest BCUT2D eigenvalue weighted by Gasteiger charge is 2.13. The summed E-state index contributed by atoms with van der Waals surface area (Å²) in [5.74, 6) is -0.865. The average molecular weight is 248 g/mol. The summed E-state index contributed by atoms with van der Waals surface area (Å²) in [5.41, 5.74) is 0.137. The Kier molecular flexibility index (Phi) is 2.81. The van der Waals surface area contributed by atoms with Gasteiger partial charge in [-0.2, -0.15) is 5.26 Å². The first kappa shape index (κ1) is 11.2. The van der Waals surface area contributed by atoms with Crippen molar-refractivity contribution in [3.63, 3.8) is 0 Å². The Morgan fingerprint density at radius 2 is 2.24 bits per heavy atom. The van der Waals surface area contributed by atoms with Gasteiger partial charge in [0, 0.05) is 6.20 Å². The molecule has 0 aliphatic rings. The van der Waals surface area contributed by atoms with Crippen LogP contribution in [0.3, 0.4) is 0 Å². The number of aromatic nitrogens is 2. The summed E-state index contributed by atoms with van der Waals surface area (Å²) in [6.07, 6.45) is 1.63. The second-order valence-electron chi connectivity index (χ2n) is 3.18. The molecule has 0 aromatic carbocycles. The Morgan fingerprint density at radius 3 is 2.88 bits per heavy atom. The van der Waals surface area contributed by atoms with E-state index in [4.69, 9.17) is 22.0 Å². The molecule has 1 N–H and O–H groups in total. The lowest BCUT2D eigenvalue weighted by molar-refractivity contribution is 0.0690. The second kappa shape index (κ2) is 4.28. The van der Waals surface area contributed by atoms with Crippen molar-refractivity contribution in [3.8, 4) is 11.9 Å². The first-order chi connectivity index (χ1) is 8.13. The van der Waals surface area contributed by atoms with Crippen molar-refractivity contribution < 1.29 is 9.90 Å². The summed E-state index contributed by atoms with van der Waals surface area (Å²) in [7, 11) is 0. The van der Waals surface area contributed by atoms with Gasteiger partial charge in [-0.15, -0.1) is 0 Å². The van der Waals surface area contributed by atoms with Gasteiger partial charge in [0.1, 0.15) is 17.6 Å². The lowest BCUT2D eigenvalue weighted by atomic mass is 10.3. The summed E-state index contributed by atoms with van der Waals surface area (Å²) in [5, 5.41) is 17.8. The number of carbonyl (C=O) groups is 1. The molecule has 2 aromatic rings. The summed E-state index contributed by atoms with van der Waals surface area (Å²) in [4.78, 5) is 14.8. The average Bonchev–Trinajstić information content (AvgIpc) is 2.77. The van der Waals surface area contributed by atoms with E-state index in [2.05, 4.69) is 4.98 Å². The summed E-state index contributed by atoms with van der Waals surface area (Å²) >= 11 is 5.71. The van der Waals surface area contributed by atoms with E-state index in [0.29, 0.717) is 11.5 Å². The number of rotatable bonds is 2. The summed E-state index contributed by atoms with van der Waals surface area (Å²) in [6.45, 7) is 0. The summed E-state index contributed by atoms with van der Waals surface area (Å²) < 4.78 is 1.49. The highest BCUT2D eigenvalue weighted by molar-refractivity contribution is 6.33. The number of hydrogen-bond acceptors (Lipinski definition) is 3. The second-order valence-corrected chi connectivity index (χ2v) is 3.59. The number of nitrogens with zero attached hydrogens (tertiary/aromatic N) is 3. The van der Waals surface area contributed by atoms with Crippen LogP contribution in [-0.4, -0.2) is 20.6 Å². The number of carboxylic acid groups (broad SMARTS) is 1. The third-order valence-corrected chi connectivity index (χ3v) is 2.45. The Bertz CT molecular complexity index is 628. The molecule has 6 heteroatoms. The highest BCUT2D eigenvalue weighted by Crippen LogP contribution is 2.17. The van der Waals surface area contributed by atoms with Crippen molar-refractivity contribution in [2.24, 2.45) is 0 Å². The third-order valence-electron chi connectivity index (χ3n) is 2.14. The van der Waals surface area contributed by atoms with Gasteiger partial charge in [0.2, 0.25) is 0 Å². The molecule has 2 aromatic heterocycles. The third kappa shape index (κ3) is 1.98. The van der Waals surface area contributed by atoms with Crippen LogP contribution in [0.2, 0.25) is 5.02 Å². The van der Waals surface area contributed by atoms with Crippen molar-refractivity contribution >= 4 is 17.6 Å². The minimum absolute atomic E-state index is 0.0620. The fraction of sp³-hybridized carbons (Fsp3) is 0. The molecular weight excluding hydrogens is 242 g/mol. The van der Waals surface area contributed by atoms with Gasteiger partial charge in [0.05, 0.1) is 5.02 Å². The van der Waals surface area contributed by atoms with E-state index in [1.54, 1.807) is 24.4 Å². The number of pyridine rings is 1. The van der Waals surface area contributed by atoms with Gasteiger partial charge >= 0.3 is 5.97 Å². The van der Waals surface area contributed by atoms with Crippen molar-refractivity contribution in [3.05, 3.63) is 46.9 Å². The zero-order valence-electron chi connectivity index (χ0n) is 8.46. The van der Waals surface area contributed by atoms with Gasteiger partial charge in [0.15, 0.2) is 5.69 Å². The van der Waals surface area contributed by atoms with E-state index < -0.39 is 5.97 Å². The lowest BCUT2D eigenvalue weighted by Crippen LogP contribution is -2.06. The maximum Gasteiger partial charge on any atom is 0.356 e. The summed E-state index contributed by atoms with van der Waals surface area (Å²) in [6, 6.07) is 8.25. The number of halogens is 1. The Balaban J connectivity index is 2.59. The van der Waals surface area contributed by atoms with Crippen LogP contribution >= 0.6 is 11.6 Å². The van der Waals surface area contributed by atoms with Crippen LogP contribution in [0.4, 0.5) is 0 Å². The molecule has 0 radical (unpaired) electrons. The molecule has 0 saturated heterocycles. The molecular formula is C11H6ClN3O2.